The molecular weight excluding hydrogens is 356 g/mol. The molecule has 0 aliphatic carbocycles. The SMILES string of the molecule is COc1cc(OC)c(C(=O)Oc2ccc(-c3ccccc3)cc2C)cc1OC. The summed E-state index contributed by atoms with van der Waals surface area (Å²) in [5.74, 6) is 1.20. The predicted molar refractivity (Wildman–Crippen MR) is 108 cm³/mol. The van der Waals surface area contributed by atoms with Crippen LogP contribution in [0.5, 0.6) is 23.0 Å². The number of hydrogen-bond donors (Lipinski definition) is 0. The van der Waals surface area contributed by atoms with Crippen LogP contribution in [0.3, 0.4) is 0 Å². The highest BCUT2D eigenvalue weighted by Crippen LogP contribution is 2.35. The molecule has 0 aliphatic heterocycles. The Balaban J connectivity index is 1.89. The summed E-state index contributed by atoms with van der Waals surface area (Å²) >= 11 is 0. The van der Waals surface area contributed by atoms with E-state index < -0.39 is 5.97 Å². The average molecular weight is 378 g/mol. The summed E-state index contributed by atoms with van der Waals surface area (Å²) in [6.07, 6.45) is 0. The molecule has 0 saturated carbocycles. The topological polar surface area (TPSA) is 54.0 Å². The van der Waals surface area contributed by atoms with Crippen LogP contribution in [0.4, 0.5) is 0 Å². The van der Waals surface area contributed by atoms with Crippen LogP contribution < -0.4 is 18.9 Å². The molecule has 0 aromatic heterocycles. The zero-order valence-corrected chi connectivity index (χ0v) is 16.3. The number of aryl methyl sites for hydroxylation is 1. The maximum absolute atomic E-state index is 12.8. The quantitative estimate of drug-likeness (QED) is 0.451. The van der Waals surface area contributed by atoms with Crippen molar-refractivity contribution in [3.05, 3.63) is 71.8 Å². The first-order chi connectivity index (χ1) is 13.6. The fourth-order valence-electron chi connectivity index (χ4n) is 2.92. The molecule has 3 aromatic carbocycles. The third-order valence-electron chi connectivity index (χ3n) is 4.41. The van der Waals surface area contributed by atoms with Crippen LogP contribution in [-0.4, -0.2) is 27.3 Å². The Hall–Kier alpha value is -3.47. The number of rotatable bonds is 6. The lowest BCUT2D eigenvalue weighted by Gasteiger charge is -2.14. The van der Waals surface area contributed by atoms with E-state index in [1.54, 1.807) is 18.2 Å². The summed E-state index contributed by atoms with van der Waals surface area (Å²) in [6, 6.07) is 18.9. The molecule has 0 bridgehead atoms. The van der Waals surface area contributed by atoms with Crippen LogP contribution in [0.1, 0.15) is 15.9 Å². The van der Waals surface area contributed by atoms with Crippen molar-refractivity contribution in [3.63, 3.8) is 0 Å². The van der Waals surface area contributed by atoms with Crippen molar-refractivity contribution < 1.29 is 23.7 Å². The highest BCUT2D eigenvalue weighted by atomic mass is 16.5. The van der Waals surface area contributed by atoms with E-state index in [1.165, 1.54) is 21.3 Å². The molecule has 5 heteroatoms. The van der Waals surface area contributed by atoms with Crippen molar-refractivity contribution in [2.45, 2.75) is 6.92 Å². The van der Waals surface area contributed by atoms with Crippen molar-refractivity contribution in [2.75, 3.05) is 21.3 Å². The molecule has 0 N–H and O–H groups in total. The zero-order chi connectivity index (χ0) is 20.1. The molecule has 3 aromatic rings. The van der Waals surface area contributed by atoms with E-state index >= 15 is 0 Å². The molecule has 0 unspecified atom stereocenters. The van der Waals surface area contributed by atoms with Crippen molar-refractivity contribution in [3.8, 4) is 34.1 Å². The van der Waals surface area contributed by atoms with Crippen molar-refractivity contribution in [2.24, 2.45) is 0 Å². The Kier molecular flexibility index (Phi) is 5.84. The minimum absolute atomic E-state index is 0.256. The lowest BCUT2D eigenvalue weighted by atomic mass is 10.0. The molecular formula is C23H22O5. The van der Waals surface area contributed by atoms with E-state index in [-0.39, 0.29) is 5.56 Å². The lowest BCUT2D eigenvalue weighted by Crippen LogP contribution is -2.11. The monoisotopic (exact) mass is 378 g/mol. The minimum atomic E-state index is -0.534. The van der Waals surface area contributed by atoms with Crippen LogP contribution >= 0.6 is 0 Å². The van der Waals surface area contributed by atoms with E-state index in [0.29, 0.717) is 23.0 Å². The lowest BCUT2D eigenvalue weighted by molar-refractivity contribution is 0.0729. The number of esters is 1. The summed E-state index contributed by atoms with van der Waals surface area (Å²) in [4.78, 5) is 12.8. The van der Waals surface area contributed by atoms with Gasteiger partial charge in [0.25, 0.3) is 0 Å². The number of hydrogen-bond acceptors (Lipinski definition) is 5. The largest absolute Gasteiger partial charge is 0.496 e. The fourth-order valence-corrected chi connectivity index (χ4v) is 2.92. The van der Waals surface area contributed by atoms with E-state index in [1.807, 2.05) is 49.4 Å². The fraction of sp³-hybridized carbons (Fsp3) is 0.174. The standard InChI is InChI=1S/C23H22O5/c1-15-12-17(16-8-6-5-7-9-16)10-11-19(15)28-23(24)18-13-21(26-3)22(27-4)14-20(18)25-2/h5-14H,1-4H3. The van der Waals surface area contributed by atoms with Crippen LogP contribution in [0, 0.1) is 6.92 Å². The molecule has 0 radical (unpaired) electrons. The summed E-state index contributed by atoms with van der Waals surface area (Å²) in [5, 5.41) is 0. The van der Waals surface area contributed by atoms with Gasteiger partial charge < -0.3 is 18.9 Å². The van der Waals surface area contributed by atoms with E-state index in [2.05, 4.69) is 0 Å². The molecule has 0 saturated heterocycles. The second-order valence-electron chi connectivity index (χ2n) is 6.14. The van der Waals surface area contributed by atoms with Gasteiger partial charge in [-0.3, -0.25) is 0 Å². The van der Waals surface area contributed by atoms with Gasteiger partial charge in [-0.25, -0.2) is 4.79 Å². The average Bonchev–Trinajstić information content (AvgIpc) is 2.74. The van der Waals surface area contributed by atoms with Gasteiger partial charge in [0, 0.05) is 12.1 Å². The first kappa shape index (κ1) is 19.3. The molecule has 0 heterocycles. The number of ether oxygens (including phenoxy) is 4. The summed E-state index contributed by atoms with van der Waals surface area (Å²) < 4.78 is 21.5. The highest BCUT2D eigenvalue weighted by molar-refractivity contribution is 5.95. The molecule has 5 nitrogen and oxygen atoms in total. The Labute approximate surface area is 164 Å². The summed E-state index contributed by atoms with van der Waals surface area (Å²) in [7, 11) is 4.51. The summed E-state index contributed by atoms with van der Waals surface area (Å²) in [5.41, 5.74) is 3.27. The van der Waals surface area contributed by atoms with E-state index in [4.69, 9.17) is 18.9 Å². The van der Waals surface area contributed by atoms with E-state index in [0.717, 1.165) is 16.7 Å². The normalized spacial score (nSPS) is 10.3. The molecule has 0 fully saturated rings. The predicted octanol–water partition coefficient (Wildman–Crippen LogP) is 4.91. The number of methoxy groups -OCH3 is 3. The summed E-state index contributed by atoms with van der Waals surface area (Å²) in [6.45, 7) is 1.90. The minimum Gasteiger partial charge on any atom is -0.496 e. The van der Waals surface area contributed by atoms with Crippen molar-refractivity contribution >= 4 is 5.97 Å². The Morgan fingerprint density at radius 1 is 0.679 bits per heavy atom. The Morgan fingerprint density at radius 2 is 1.32 bits per heavy atom. The third kappa shape index (κ3) is 3.93. The second-order valence-corrected chi connectivity index (χ2v) is 6.14. The Morgan fingerprint density at radius 3 is 1.93 bits per heavy atom. The number of carbonyl (C=O) groups is 1. The Bertz CT molecular complexity index is 980. The van der Waals surface area contributed by atoms with Gasteiger partial charge in [0.2, 0.25) is 0 Å². The number of carbonyl (C=O) groups excluding carboxylic acids is 1. The highest BCUT2D eigenvalue weighted by Gasteiger charge is 2.20. The molecule has 3 rings (SSSR count). The maximum Gasteiger partial charge on any atom is 0.347 e. The first-order valence-electron chi connectivity index (χ1n) is 8.75. The van der Waals surface area contributed by atoms with Gasteiger partial charge in [0.05, 0.1) is 21.3 Å². The van der Waals surface area contributed by atoms with E-state index in [9.17, 15) is 4.79 Å². The molecule has 0 aliphatic rings. The molecule has 28 heavy (non-hydrogen) atoms. The van der Waals surface area contributed by atoms with Gasteiger partial charge in [-0.1, -0.05) is 36.4 Å². The van der Waals surface area contributed by atoms with Crippen LogP contribution in [-0.2, 0) is 0 Å². The van der Waals surface area contributed by atoms with Gasteiger partial charge in [-0.05, 0) is 35.7 Å². The van der Waals surface area contributed by atoms with Gasteiger partial charge in [-0.2, -0.15) is 0 Å². The van der Waals surface area contributed by atoms with Gasteiger partial charge in [0.1, 0.15) is 17.1 Å². The maximum atomic E-state index is 12.8. The second kappa shape index (κ2) is 8.48. The number of benzene rings is 3. The molecule has 0 amide bonds. The van der Waals surface area contributed by atoms with Crippen molar-refractivity contribution in [1.82, 2.24) is 0 Å². The first-order valence-corrected chi connectivity index (χ1v) is 8.75. The van der Waals surface area contributed by atoms with Gasteiger partial charge >= 0.3 is 5.97 Å². The van der Waals surface area contributed by atoms with Crippen molar-refractivity contribution in [1.29, 1.82) is 0 Å². The van der Waals surface area contributed by atoms with Crippen LogP contribution in [0.25, 0.3) is 11.1 Å². The molecule has 144 valence electrons. The zero-order valence-electron chi connectivity index (χ0n) is 16.3. The molecule has 0 spiro atoms. The van der Waals surface area contributed by atoms with Crippen LogP contribution in [0.15, 0.2) is 60.7 Å². The van der Waals surface area contributed by atoms with Gasteiger partial charge in [0.15, 0.2) is 11.5 Å². The smallest absolute Gasteiger partial charge is 0.347 e. The molecule has 0 atom stereocenters. The third-order valence-corrected chi connectivity index (χ3v) is 4.41. The van der Waals surface area contributed by atoms with Crippen LogP contribution in [0.2, 0.25) is 0 Å². The van der Waals surface area contributed by atoms with Gasteiger partial charge in [-0.15, -0.1) is 0 Å².